The molecule has 1 rings (SSSR count). The fourth-order valence-electron chi connectivity index (χ4n) is 0.643. The molecule has 0 N–H and O–H groups in total. The van der Waals surface area contributed by atoms with Gasteiger partial charge in [-0.2, -0.15) is 5.10 Å². The van der Waals surface area contributed by atoms with Crippen LogP contribution in [0.25, 0.3) is 0 Å². The summed E-state index contributed by atoms with van der Waals surface area (Å²) in [4.78, 5) is 0. The van der Waals surface area contributed by atoms with Gasteiger partial charge in [0.15, 0.2) is 0 Å². The molecule has 9 heavy (non-hydrogen) atoms. The van der Waals surface area contributed by atoms with Gasteiger partial charge >= 0.3 is 0 Å². The molecule has 0 aliphatic heterocycles. The molecule has 0 fully saturated rings. The summed E-state index contributed by atoms with van der Waals surface area (Å²) in [6, 6.07) is 0. The molecule has 1 aromatic heterocycles. The maximum absolute atomic E-state index is 4.02. The zero-order valence-electron chi connectivity index (χ0n) is 5.21. The lowest BCUT2D eigenvalue weighted by atomic mass is 10.3. The van der Waals surface area contributed by atoms with Crippen molar-refractivity contribution in [2.75, 3.05) is 0 Å². The van der Waals surface area contributed by atoms with Crippen molar-refractivity contribution in [1.82, 2.24) is 14.0 Å². The smallest absolute Gasteiger partial charge is 0.0995 e. The molecule has 0 saturated carbocycles. The normalized spacial score (nSPS) is 10.0. The van der Waals surface area contributed by atoms with E-state index in [1.165, 1.54) is 3.82 Å². The van der Waals surface area contributed by atoms with Gasteiger partial charge in [0.25, 0.3) is 0 Å². The fraction of sp³-hybridized carbons (Fsp3) is 0.600. The van der Waals surface area contributed by atoms with Crippen LogP contribution in [0.1, 0.15) is 19.0 Å². The van der Waals surface area contributed by atoms with E-state index in [2.05, 4.69) is 33.3 Å². The second kappa shape index (κ2) is 2.96. The third-order valence-corrected chi connectivity index (χ3v) is 1.36. The molecule has 0 unspecified atom stereocenters. The number of hydrogen-bond donors (Lipinski definition) is 0. The minimum atomic E-state index is 1.01. The highest BCUT2D eigenvalue weighted by Gasteiger charge is 1.94. The van der Waals surface area contributed by atoms with Crippen LogP contribution in [0.3, 0.4) is 0 Å². The molecule has 0 amide bonds. The average Bonchev–Trinajstić information content (AvgIpc) is 2.17. The van der Waals surface area contributed by atoms with Crippen molar-refractivity contribution in [2.24, 2.45) is 0 Å². The number of halogens is 1. The highest BCUT2D eigenvalue weighted by molar-refractivity contribution is 9.08. The number of aryl methyl sites for hydroxylation is 1. The van der Waals surface area contributed by atoms with Gasteiger partial charge in [0, 0.05) is 0 Å². The average molecular weight is 190 g/mol. The second-order valence-corrected chi connectivity index (χ2v) is 2.46. The van der Waals surface area contributed by atoms with Gasteiger partial charge in [-0.05, 0) is 6.42 Å². The van der Waals surface area contributed by atoms with Gasteiger partial charge in [-0.3, -0.25) is 0 Å². The molecule has 0 radical (unpaired) electrons. The van der Waals surface area contributed by atoms with Crippen LogP contribution in [0.2, 0.25) is 0 Å². The number of nitrogens with zero attached hydrogens (tertiary/aromatic N) is 3. The topological polar surface area (TPSA) is 30.7 Å². The molecule has 0 aliphatic rings. The van der Waals surface area contributed by atoms with Gasteiger partial charge in [0.1, 0.15) is 0 Å². The van der Waals surface area contributed by atoms with Crippen LogP contribution in [-0.4, -0.2) is 14.0 Å². The van der Waals surface area contributed by atoms with E-state index in [-0.39, 0.29) is 0 Å². The Kier molecular flexibility index (Phi) is 2.22. The van der Waals surface area contributed by atoms with Gasteiger partial charge in [-0.25, -0.2) is 0 Å². The Morgan fingerprint density at radius 2 is 2.56 bits per heavy atom. The summed E-state index contributed by atoms with van der Waals surface area (Å²) >= 11 is 3.10. The molecule has 0 spiro atoms. The third-order valence-electron chi connectivity index (χ3n) is 1.02. The second-order valence-electron chi connectivity index (χ2n) is 1.83. The van der Waals surface area contributed by atoms with Crippen molar-refractivity contribution in [3.8, 4) is 0 Å². The summed E-state index contributed by atoms with van der Waals surface area (Å²) in [6.45, 7) is 2.12. The van der Waals surface area contributed by atoms with E-state index in [1.807, 2.05) is 0 Å². The molecule has 1 aromatic rings. The monoisotopic (exact) mass is 189 g/mol. The first-order chi connectivity index (χ1) is 4.33. The van der Waals surface area contributed by atoms with Crippen LogP contribution < -0.4 is 0 Å². The molecule has 50 valence electrons. The van der Waals surface area contributed by atoms with E-state index in [0.717, 1.165) is 18.5 Å². The molecule has 0 atom stereocenters. The zero-order chi connectivity index (χ0) is 6.69. The molecule has 0 aromatic carbocycles. The fourth-order valence-corrected chi connectivity index (χ4v) is 0.938. The lowest BCUT2D eigenvalue weighted by Crippen LogP contribution is -1.86. The molecular weight excluding hydrogens is 182 g/mol. The molecule has 1 heterocycles. The van der Waals surface area contributed by atoms with E-state index in [1.54, 1.807) is 6.20 Å². The maximum atomic E-state index is 4.02. The molecule has 4 heteroatoms. The Balaban J connectivity index is 2.61. The third kappa shape index (κ3) is 1.78. The quantitative estimate of drug-likeness (QED) is 0.705. The van der Waals surface area contributed by atoms with Crippen LogP contribution in [-0.2, 0) is 6.42 Å². The summed E-state index contributed by atoms with van der Waals surface area (Å²) in [6.07, 6.45) is 3.88. The molecular formula is C5H8BrN3. The Labute approximate surface area is 62.4 Å². The van der Waals surface area contributed by atoms with E-state index in [0.29, 0.717) is 0 Å². The zero-order valence-corrected chi connectivity index (χ0v) is 6.80. The first-order valence-electron chi connectivity index (χ1n) is 2.90. The van der Waals surface area contributed by atoms with Crippen molar-refractivity contribution >= 4 is 16.1 Å². The van der Waals surface area contributed by atoms with Crippen molar-refractivity contribution in [2.45, 2.75) is 19.8 Å². The Morgan fingerprint density at radius 3 is 3.00 bits per heavy atom. The van der Waals surface area contributed by atoms with E-state index in [4.69, 9.17) is 0 Å². The van der Waals surface area contributed by atoms with Crippen molar-refractivity contribution in [3.05, 3.63) is 11.9 Å². The standard InChI is InChI=1S/C5H8BrN3/c1-2-3-5-4-7-9(6)8-5/h4H,2-3H2,1H3. The SMILES string of the molecule is CCCc1cnn(Br)n1. The van der Waals surface area contributed by atoms with Gasteiger partial charge in [0.05, 0.1) is 28.0 Å². The van der Waals surface area contributed by atoms with Gasteiger partial charge in [-0.1, -0.05) is 13.3 Å². The summed E-state index contributed by atoms with van der Waals surface area (Å²) in [5.74, 6) is 0. The predicted octanol–water partition coefficient (Wildman–Crippen LogP) is 1.39. The summed E-state index contributed by atoms with van der Waals surface area (Å²) < 4.78 is 1.40. The molecule has 3 nitrogen and oxygen atoms in total. The number of rotatable bonds is 2. The van der Waals surface area contributed by atoms with Crippen molar-refractivity contribution < 1.29 is 0 Å². The highest BCUT2D eigenvalue weighted by Crippen LogP contribution is 1.97. The Hall–Kier alpha value is -0.380. The van der Waals surface area contributed by atoms with Gasteiger partial charge in [-0.15, -0.1) is 8.92 Å². The largest absolute Gasteiger partial charge is 0.150 e. The van der Waals surface area contributed by atoms with E-state index < -0.39 is 0 Å². The van der Waals surface area contributed by atoms with Crippen LogP contribution in [0.5, 0.6) is 0 Å². The minimum Gasteiger partial charge on any atom is -0.150 e. The number of aromatic nitrogens is 3. The lowest BCUT2D eigenvalue weighted by molar-refractivity contribution is 0.828. The van der Waals surface area contributed by atoms with Gasteiger partial charge in [0.2, 0.25) is 0 Å². The van der Waals surface area contributed by atoms with Crippen LogP contribution >= 0.6 is 16.1 Å². The maximum Gasteiger partial charge on any atom is 0.0995 e. The summed E-state index contributed by atoms with van der Waals surface area (Å²) in [5, 5.41) is 7.88. The van der Waals surface area contributed by atoms with Crippen LogP contribution in [0.15, 0.2) is 6.20 Å². The molecule has 0 saturated heterocycles. The molecule has 0 bridgehead atoms. The Bertz CT molecular complexity index is 184. The van der Waals surface area contributed by atoms with Gasteiger partial charge < -0.3 is 0 Å². The lowest BCUT2D eigenvalue weighted by Gasteiger charge is -1.84. The van der Waals surface area contributed by atoms with Crippen molar-refractivity contribution in [3.63, 3.8) is 0 Å². The van der Waals surface area contributed by atoms with E-state index >= 15 is 0 Å². The molecule has 0 aliphatic carbocycles. The Morgan fingerprint density at radius 1 is 1.78 bits per heavy atom. The van der Waals surface area contributed by atoms with Crippen molar-refractivity contribution in [1.29, 1.82) is 0 Å². The summed E-state index contributed by atoms with van der Waals surface area (Å²) in [5.41, 5.74) is 1.04. The van der Waals surface area contributed by atoms with E-state index in [9.17, 15) is 0 Å². The van der Waals surface area contributed by atoms with Crippen LogP contribution in [0.4, 0.5) is 0 Å². The number of hydrogen-bond acceptors (Lipinski definition) is 2. The predicted molar refractivity (Wildman–Crippen MR) is 38.3 cm³/mol. The summed E-state index contributed by atoms with van der Waals surface area (Å²) in [7, 11) is 0. The minimum absolute atomic E-state index is 1.01. The first-order valence-corrected chi connectivity index (χ1v) is 3.61. The van der Waals surface area contributed by atoms with Crippen LogP contribution in [0, 0.1) is 0 Å². The highest BCUT2D eigenvalue weighted by atomic mass is 79.9. The first kappa shape index (κ1) is 6.74.